The van der Waals surface area contributed by atoms with Crippen LogP contribution in [0.3, 0.4) is 0 Å². The Kier molecular flexibility index (Phi) is 4.23. The van der Waals surface area contributed by atoms with Gasteiger partial charge in [-0.1, -0.05) is 36.4 Å². The van der Waals surface area contributed by atoms with Crippen LogP contribution in [-0.4, -0.2) is 22.5 Å². The molecule has 0 unspecified atom stereocenters. The first-order valence-electron chi connectivity index (χ1n) is 8.69. The van der Waals surface area contributed by atoms with E-state index < -0.39 is 5.97 Å². The van der Waals surface area contributed by atoms with E-state index in [4.69, 9.17) is 4.74 Å². The van der Waals surface area contributed by atoms with Gasteiger partial charge in [-0.3, -0.25) is 0 Å². The van der Waals surface area contributed by atoms with E-state index in [-0.39, 0.29) is 17.8 Å². The molecule has 5 nitrogen and oxygen atoms in total. The maximum absolute atomic E-state index is 12.9. The van der Waals surface area contributed by atoms with Crippen LogP contribution in [0.1, 0.15) is 18.1 Å². The van der Waals surface area contributed by atoms with Gasteiger partial charge in [-0.2, -0.15) is 5.26 Å². The Morgan fingerprint density at radius 3 is 2.11 bits per heavy atom. The molecule has 0 saturated heterocycles. The SMILES string of the molecule is CCOC(=O)/C(=C(\C#N)c1c[nH]c2ccccc12)c1c[nH]c2ccccc12. The summed E-state index contributed by atoms with van der Waals surface area (Å²) in [4.78, 5) is 19.2. The summed E-state index contributed by atoms with van der Waals surface area (Å²) in [6.45, 7) is 1.99. The van der Waals surface area contributed by atoms with Gasteiger partial charge in [-0.25, -0.2) is 4.79 Å². The molecule has 0 bridgehead atoms. The Morgan fingerprint density at radius 1 is 0.963 bits per heavy atom. The molecule has 0 fully saturated rings. The molecule has 4 rings (SSSR count). The minimum absolute atomic E-state index is 0.233. The largest absolute Gasteiger partial charge is 0.462 e. The highest BCUT2D eigenvalue weighted by Crippen LogP contribution is 2.34. The summed E-state index contributed by atoms with van der Waals surface area (Å²) in [6.07, 6.45) is 3.51. The molecular weight excluding hydrogens is 338 g/mol. The molecule has 0 amide bonds. The summed E-state index contributed by atoms with van der Waals surface area (Å²) in [5, 5.41) is 11.7. The number of carbonyl (C=O) groups is 1. The number of esters is 1. The number of aromatic amines is 2. The predicted octanol–water partition coefficient (Wildman–Crippen LogP) is 4.65. The second-order valence-electron chi connectivity index (χ2n) is 6.08. The number of benzene rings is 2. The standard InChI is InChI=1S/C22H17N3O2/c1-2-27-22(26)21(18-13-25-20-10-6-4-8-15(18)20)16(11-23)17-12-24-19-9-5-3-7-14(17)19/h3-10,12-13,24-25H,2H2,1H3/b21-16+. The van der Waals surface area contributed by atoms with Gasteiger partial charge in [0.15, 0.2) is 0 Å². The minimum atomic E-state index is -0.510. The van der Waals surface area contributed by atoms with E-state index in [0.717, 1.165) is 21.8 Å². The molecule has 0 aliphatic heterocycles. The van der Waals surface area contributed by atoms with E-state index in [0.29, 0.717) is 11.1 Å². The van der Waals surface area contributed by atoms with Gasteiger partial charge in [0.25, 0.3) is 0 Å². The number of fused-ring (bicyclic) bond motifs is 2. The van der Waals surface area contributed by atoms with Crippen LogP contribution < -0.4 is 0 Å². The minimum Gasteiger partial charge on any atom is -0.462 e. The Hall–Kier alpha value is -3.78. The zero-order valence-electron chi connectivity index (χ0n) is 14.7. The number of nitriles is 1. The molecule has 0 radical (unpaired) electrons. The quantitative estimate of drug-likeness (QED) is 0.318. The van der Waals surface area contributed by atoms with Gasteiger partial charge >= 0.3 is 5.97 Å². The van der Waals surface area contributed by atoms with Crippen molar-refractivity contribution < 1.29 is 9.53 Å². The molecule has 132 valence electrons. The molecule has 5 heteroatoms. The monoisotopic (exact) mass is 355 g/mol. The first kappa shape index (κ1) is 16.7. The maximum Gasteiger partial charge on any atom is 0.340 e. The van der Waals surface area contributed by atoms with Crippen LogP contribution in [0.2, 0.25) is 0 Å². The molecule has 2 aromatic heterocycles. The van der Waals surface area contributed by atoms with Crippen molar-refractivity contribution in [2.75, 3.05) is 6.61 Å². The van der Waals surface area contributed by atoms with Crippen LogP contribution in [0.25, 0.3) is 33.0 Å². The van der Waals surface area contributed by atoms with E-state index >= 15 is 0 Å². The summed E-state index contributed by atoms with van der Waals surface area (Å²) >= 11 is 0. The fourth-order valence-corrected chi connectivity index (χ4v) is 3.36. The molecule has 2 N–H and O–H groups in total. The highest BCUT2D eigenvalue weighted by Gasteiger charge is 2.24. The number of nitrogens with zero attached hydrogens (tertiary/aromatic N) is 1. The van der Waals surface area contributed by atoms with Crippen molar-refractivity contribution in [3.05, 3.63) is 72.1 Å². The van der Waals surface area contributed by atoms with Gasteiger partial charge in [0, 0.05) is 45.3 Å². The van der Waals surface area contributed by atoms with Crippen LogP contribution in [0, 0.1) is 11.3 Å². The number of para-hydroxylation sites is 2. The van der Waals surface area contributed by atoms with Crippen molar-refractivity contribution in [1.29, 1.82) is 5.26 Å². The lowest BCUT2D eigenvalue weighted by molar-refractivity contribution is -0.136. The van der Waals surface area contributed by atoms with E-state index in [2.05, 4.69) is 16.0 Å². The fourth-order valence-electron chi connectivity index (χ4n) is 3.36. The lowest BCUT2D eigenvalue weighted by Gasteiger charge is -2.09. The Bertz CT molecular complexity index is 1220. The van der Waals surface area contributed by atoms with Crippen LogP contribution >= 0.6 is 0 Å². The smallest absolute Gasteiger partial charge is 0.340 e. The lowest BCUT2D eigenvalue weighted by atomic mass is 9.94. The summed E-state index contributed by atoms with van der Waals surface area (Å²) < 4.78 is 5.30. The molecule has 0 atom stereocenters. The summed E-state index contributed by atoms with van der Waals surface area (Å²) in [7, 11) is 0. The van der Waals surface area contributed by atoms with E-state index in [1.54, 1.807) is 19.3 Å². The average Bonchev–Trinajstić information content (AvgIpc) is 3.30. The Balaban J connectivity index is 2.04. The van der Waals surface area contributed by atoms with Crippen molar-refractivity contribution in [3.8, 4) is 6.07 Å². The van der Waals surface area contributed by atoms with Crippen molar-refractivity contribution in [1.82, 2.24) is 9.97 Å². The second-order valence-corrected chi connectivity index (χ2v) is 6.08. The number of nitrogens with one attached hydrogen (secondary N) is 2. The number of hydrogen-bond acceptors (Lipinski definition) is 3. The summed E-state index contributed by atoms with van der Waals surface area (Å²) in [6, 6.07) is 17.6. The molecular formula is C22H17N3O2. The number of carbonyl (C=O) groups excluding carboxylic acids is 1. The van der Waals surface area contributed by atoms with Crippen molar-refractivity contribution in [2.45, 2.75) is 6.92 Å². The predicted molar refractivity (Wildman–Crippen MR) is 106 cm³/mol. The van der Waals surface area contributed by atoms with Crippen molar-refractivity contribution >= 4 is 38.9 Å². The summed E-state index contributed by atoms with van der Waals surface area (Å²) in [5.41, 5.74) is 3.69. The van der Waals surface area contributed by atoms with Crippen LogP contribution in [0.15, 0.2) is 60.9 Å². The average molecular weight is 355 g/mol. The number of H-pyrrole nitrogens is 2. The zero-order valence-corrected chi connectivity index (χ0v) is 14.7. The molecule has 4 aromatic rings. The highest BCUT2D eigenvalue weighted by atomic mass is 16.5. The topological polar surface area (TPSA) is 81.7 Å². The number of hydrogen-bond donors (Lipinski definition) is 2. The Morgan fingerprint density at radius 2 is 1.52 bits per heavy atom. The van der Waals surface area contributed by atoms with Gasteiger partial charge < -0.3 is 14.7 Å². The third-order valence-electron chi connectivity index (χ3n) is 4.56. The number of rotatable bonds is 4. The Labute approximate surface area is 155 Å². The van der Waals surface area contributed by atoms with Gasteiger partial charge in [-0.15, -0.1) is 0 Å². The fraction of sp³-hybridized carbons (Fsp3) is 0.0909. The summed E-state index contributed by atoms with van der Waals surface area (Å²) in [5.74, 6) is -0.510. The lowest BCUT2D eigenvalue weighted by Crippen LogP contribution is -2.09. The van der Waals surface area contributed by atoms with Gasteiger partial charge in [-0.05, 0) is 19.1 Å². The van der Waals surface area contributed by atoms with Crippen LogP contribution in [-0.2, 0) is 9.53 Å². The first-order valence-corrected chi connectivity index (χ1v) is 8.69. The third kappa shape index (κ3) is 2.77. The third-order valence-corrected chi connectivity index (χ3v) is 4.56. The van der Waals surface area contributed by atoms with Gasteiger partial charge in [0.05, 0.1) is 17.8 Å². The van der Waals surface area contributed by atoms with Gasteiger partial charge in [0.2, 0.25) is 0 Å². The molecule has 0 spiro atoms. The van der Waals surface area contributed by atoms with E-state index in [9.17, 15) is 10.1 Å². The maximum atomic E-state index is 12.9. The molecule has 2 aromatic carbocycles. The van der Waals surface area contributed by atoms with Crippen LogP contribution in [0.5, 0.6) is 0 Å². The van der Waals surface area contributed by atoms with Gasteiger partial charge in [0.1, 0.15) is 6.07 Å². The molecule has 0 aliphatic carbocycles. The van der Waals surface area contributed by atoms with E-state index in [1.165, 1.54) is 0 Å². The van der Waals surface area contributed by atoms with E-state index in [1.807, 2.05) is 48.5 Å². The first-order chi connectivity index (χ1) is 13.2. The number of allylic oxidation sites excluding steroid dienone is 1. The molecule has 27 heavy (non-hydrogen) atoms. The van der Waals surface area contributed by atoms with Crippen molar-refractivity contribution in [2.24, 2.45) is 0 Å². The number of ether oxygens (including phenoxy) is 1. The number of aromatic nitrogens is 2. The normalized spacial score (nSPS) is 12.0. The molecule has 0 saturated carbocycles. The zero-order chi connectivity index (χ0) is 18.8. The van der Waals surface area contributed by atoms with Crippen LogP contribution in [0.4, 0.5) is 0 Å². The molecule has 2 heterocycles. The highest BCUT2D eigenvalue weighted by molar-refractivity contribution is 6.30. The van der Waals surface area contributed by atoms with Crippen molar-refractivity contribution in [3.63, 3.8) is 0 Å². The molecule has 0 aliphatic rings. The second kappa shape index (κ2) is 6.85.